The normalized spacial score (nSPS) is 10.6. The van der Waals surface area contributed by atoms with Crippen LogP contribution in [0, 0.1) is 0 Å². The summed E-state index contributed by atoms with van der Waals surface area (Å²) in [6, 6.07) is 31.6. The molecule has 0 aliphatic heterocycles. The number of fused-ring (bicyclic) bond motifs is 1. The standard InChI is InChI=1S/C25H21NO2/c27-25(18-13-19-7-2-1-3-8-19)26-21-14-16-22(17-15-21)28-24-12-6-10-20-9-4-5-11-23(20)24/h1-12,14-17H,13,18H2,(H,26,27). The van der Waals surface area contributed by atoms with Crippen molar-refractivity contribution in [3.8, 4) is 11.5 Å². The van der Waals surface area contributed by atoms with Crippen LogP contribution in [-0.4, -0.2) is 5.91 Å². The molecule has 0 radical (unpaired) electrons. The highest BCUT2D eigenvalue weighted by molar-refractivity contribution is 5.91. The van der Waals surface area contributed by atoms with Gasteiger partial charge in [0, 0.05) is 17.5 Å². The second kappa shape index (κ2) is 8.40. The fourth-order valence-corrected chi connectivity index (χ4v) is 3.14. The van der Waals surface area contributed by atoms with E-state index in [-0.39, 0.29) is 5.91 Å². The predicted molar refractivity (Wildman–Crippen MR) is 114 cm³/mol. The summed E-state index contributed by atoms with van der Waals surface area (Å²) < 4.78 is 6.04. The second-order valence-electron chi connectivity index (χ2n) is 6.64. The van der Waals surface area contributed by atoms with E-state index >= 15 is 0 Å². The van der Waals surface area contributed by atoms with Gasteiger partial charge in [0.25, 0.3) is 0 Å². The number of aryl methyl sites for hydroxylation is 1. The molecule has 4 rings (SSSR count). The molecule has 0 unspecified atom stereocenters. The van der Waals surface area contributed by atoms with E-state index in [1.54, 1.807) is 0 Å². The molecular formula is C25H21NO2. The Morgan fingerprint density at radius 3 is 2.29 bits per heavy atom. The van der Waals surface area contributed by atoms with Crippen molar-refractivity contribution >= 4 is 22.4 Å². The SMILES string of the molecule is O=C(CCc1ccccc1)Nc1ccc(Oc2cccc3ccccc23)cc1. The summed E-state index contributed by atoms with van der Waals surface area (Å²) in [6.45, 7) is 0. The van der Waals surface area contributed by atoms with E-state index in [9.17, 15) is 4.79 Å². The zero-order valence-electron chi connectivity index (χ0n) is 15.5. The maximum Gasteiger partial charge on any atom is 0.224 e. The highest BCUT2D eigenvalue weighted by Gasteiger charge is 2.05. The Morgan fingerprint density at radius 1 is 0.750 bits per heavy atom. The van der Waals surface area contributed by atoms with E-state index in [4.69, 9.17) is 4.74 Å². The number of nitrogens with one attached hydrogen (secondary N) is 1. The summed E-state index contributed by atoms with van der Waals surface area (Å²) in [4.78, 5) is 12.2. The van der Waals surface area contributed by atoms with Crippen molar-refractivity contribution in [3.05, 3.63) is 103 Å². The molecular weight excluding hydrogens is 346 g/mol. The maximum absolute atomic E-state index is 12.2. The highest BCUT2D eigenvalue weighted by Crippen LogP contribution is 2.30. The molecule has 0 aliphatic carbocycles. The molecule has 1 N–H and O–H groups in total. The van der Waals surface area contributed by atoms with Crippen molar-refractivity contribution in [3.63, 3.8) is 0 Å². The number of amides is 1. The fraction of sp³-hybridized carbons (Fsp3) is 0.0800. The predicted octanol–water partition coefficient (Wildman–Crippen LogP) is 6.20. The Labute approximate surface area is 164 Å². The molecule has 138 valence electrons. The zero-order chi connectivity index (χ0) is 19.2. The molecule has 0 atom stereocenters. The number of hydrogen-bond acceptors (Lipinski definition) is 2. The molecule has 0 fully saturated rings. The Bertz CT molecular complexity index is 1070. The van der Waals surface area contributed by atoms with Crippen LogP contribution in [0.5, 0.6) is 11.5 Å². The third-order valence-electron chi connectivity index (χ3n) is 4.60. The van der Waals surface area contributed by atoms with Gasteiger partial charge in [0.2, 0.25) is 5.91 Å². The molecule has 4 aromatic carbocycles. The number of benzene rings is 4. The van der Waals surface area contributed by atoms with Crippen LogP contribution in [0.1, 0.15) is 12.0 Å². The van der Waals surface area contributed by atoms with Crippen molar-refractivity contribution in [1.29, 1.82) is 0 Å². The summed E-state index contributed by atoms with van der Waals surface area (Å²) in [5, 5.41) is 5.15. The maximum atomic E-state index is 12.2. The first kappa shape index (κ1) is 17.8. The second-order valence-corrected chi connectivity index (χ2v) is 6.64. The molecule has 0 aromatic heterocycles. The number of carbonyl (C=O) groups excluding carboxylic acids is 1. The van der Waals surface area contributed by atoms with Crippen molar-refractivity contribution in [2.75, 3.05) is 5.32 Å². The summed E-state index contributed by atoms with van der Waals surface area (Å²) >= 11 is 0. The lowest BCUT2D eigenvalue weighted by Gasteiger charge is -2.10. The van der Waals surface area contributed by atoms with Gasteiger partial charge in [0.1, 0.15) is 11.5 Å². The van der Waals surface area contributed by atoms with Gasteiger partial charge in [-0.25, -0.2) is 0 Å². The van der Waals surface area contributed by atoms with E-state index in [0.29, 0.717) is 6.42 Å². The van der Waals surface area contributed by atoms with Gasteiger partial charge in [0.05, 0.1) is 0 Å². The number of hydrogen-bond donors (Lipinski definition) is 1. The first-order valence-electron chi connectivity index (χ1n) is 9.37. The molecule has 4 aromatic rings. The summed E-state index contributed by atoms with van der Waals surface area (Å²) in [7, 11) is 0. The number of anilines is 1. The van der Waals surface area contributed by atoms with Crippen LogP contribution in [0.3, 0.4) is 0 Å². The number of ether oxygens (including phenoxy) is 1. The summed E-state index contributed by atoms with van der Waals surface area (Å²) in [5.41, 5.74) is 1.93. The van der Waals surface area contributed by atoms with Crippen LogP contribution in [0.15, 0.2) is 97.1 Å². The van der Waals surface area contributed by atoms with Crippen molar-refractivity contribution < 1.29 is 9.53 Å². The van der Waals surface area contributed by atoms with Crippen molar-refractivity contribution in [2.24, 2.45) is 0 Å². The van der Waals surface area contributed by atoms with Crippen LogP contribution in [0.25, 0.3) is 10.8 Å². The van der Waals surface area contributed by atoms with Gasteiger partial charge >= 0.3 is 0 Å². The zero-order valence-corrected chi connectivity index (χ0v) is 15.5. The minimum Gasteiger partial charge on any atom is -0.457 e. The summed E-state index contributed by atoms with van der Waals surface area (Å²) in [5.74, 6) is 1.56. The van der Waals surface area contributed by atoms with Gasteiger partial charge in [-0.05, 0) is 47.7 Å². The largest absolute Gasteiger partial charge is 0.457 e. The van der Waals surface area contributed by atoms with E-state index in [2.05, 4.69) is 17.4 Å². The van der Waals surface area contributed by atoms with E-state index in [1.165, 1.54) is 0 Å². The molecule has 0 saturated carbocycles. The van der Waals surface area contributed by atoms with Crippen LogP contribution >= 0.6 is 0 Å². The minimum atomic E-state index is 0.00609. The van der Waals surface area contributed by atoms with E-state index in [1.807, 2.05) is 84.9 Å². The Hall–Kier alpha value is -3.59. The smallest absolute Gasteiger partial charge is 0.224 e. The lowest BCUT2D eigenvalue weighted by atomic mass is 10.1. The Balaban J connectivity index is 1.37. The van der Waals surface area contributed by atoms with Gasteiger partial charge in [0.15, 0.2) is 0 Å². The molecule has 3 nitrogen and oxygen atoms in total. The third kappa shape index (κ3) is 4.38. The minimum absolute atomic E-state index is 0.00609. The van der Waals surface area contributed by atoms with Crippen LogP contribution in [0.4, 0.5) is 5.69 Å². The highest BCUT2D eigenvalue weighted by atomic mass is 16.5. The Kier molecular flexibility index (Phi) is 5.34. The molecule has 1 amide bonds. The Morgan fingerprint density at radius 2 is 1.46 bits per heavy atom. The average Bonchev–Trinajstić information content (AvgIpc) is 2.75. The van der Waals surface area contributed by atoms with E-state index < -0.39 is 0 Å². The van der Waals surface area contributed by atoms with Crippen LogP contribution in [0.2, 0.25) is 0 Å². The molecule has 0 spiro atoms. The molecule has 28 heavy (non-hydrogen) atoms. The quantitative estimate of drug-likeness (QED) is 0.440. The molecule has 3 heteroatoms. The average molecular weight is 367 g/mol. The first-order chi connectivity index (χ1) is 13.8. The van der Waals surface area contributed by atoms with Gasteiger partial charge in [-0.1, -0.05) is 66.7 Å². The molecule has 0 heterocycles. The van der Waals surface area contributed by atoms with Gasteiger partial charge < -0.3 is 10.1 Å². The lowest BCUT2D eigenvalue weighted by molar-refractivity contribution is -0.116. The topological polar surface area (TPSA) is 38.3 Å². The van der Waals surface area contributed by atoms with Gasteiger partial charge in [-0.15, -0.1) is 0 Å². The first-order valence-corrected chi connectivity index (χ1v) is 9.37. The molecule has 0 aliphatic rings. The van der Waals surface area contributed by atoms with Gasteiger partial charge in [-0.2, -0.15) is 0 Å². The fourth-order valence-electron chi connectivity index (χ4n) is 3.14. The van der Waals surface area contributed by atoms with Crippen molar-refractivity contribution in [1.82, 2.24) is 0 Å². The third-order valence-corrected chi connectivity index (χ3v) is 4.60. The molecule has 0 saturated heterocycles. The van der Waals surface area contributed by atoms with Crippen LogP contribution < -0.4 is 10.1 Å². The molecule has 0 bridgehead atoms. The van der Waals surface area contributed by atoms with E-state index in [0.717, 1.165) is 39.9 Å². The lowest BCUT2D eigenvalue weighted by Crippen LogP contribution is -2.12. The summed E-state index contributed by atoms with van der Waals surface area (Å²) in [6.07, 6.45) is 1.19. The number of rotatable bonds is 6. The monoisotopic (exact) mass is 367 g/mol. The van der Waals surface area contributed by atoms with Crippen molar-refractivity contribution in [2.45, 2.75) is 12.8 Å². The van der Waals surface area contributed by atoms with Crippen LogP contribution in [-0.2, 0) is 11.2 Å². The van der Waals surface area contributed by atoms with Gasteiger partial charge in [-0.3, -0.25) is 4.79 Å². The number of carbonyl (C=O) groups is 1.